The molecule has 2 aromatic carbocycles. The molecule has 1 heterocycles. The van der Waals surface area contributed by atoms with E-state index < -0.39 is 6.61 Å². The first-order valence-corrected chi connectivity index (χ1v) is 9.61. The van der Waals surface area contributed by atoms with Crippen molar-refractivity contribution in [2.75, 3.05) is 13.2 Å². The number of carbonyl (C=O) groups excluding carboxylic acids is 2. The Morgan fingerprint density at radius 3 is 2.63 bits per heavy atom. The molecule has 140 valence electrons. The van der Waals surface area contributed by atoms with Crippen molar-refractivity contribution in [1.29, 1.82) is 0 Å². The van der Waals surface area contributed by atoms with Crippen LogP contribution in [0.1, 0.15) is 45.5 Å². The average molecular weight is 363 g/mol. The van der Waals surface area contributed by atoms with Gasteiger partial charge in [-0.1, -0.05) is 42.0 Å². The zero-order valence-corrected chi connectivity index (χ0v) is 15.7. The Balaban J connectivity index is 1.54. The molecule has 1 fully saturated rings. The number of fused-ring (bicyclic) bond motifs is 1. The maximum atomic E-state index is 13.3. The van der Waals surface area contributed by atoms with Crippen LogP contribution in [-0.4, -0.2) is 34.8 Å². The van der Waals surface area contributed by atoms with Crippen molar-refractivity contribution in [2.45, 2.75) is 39.2 Å². The molecule has 0 saturated carbocycles. The van der Waals surface area contributed by atoms with Gasteiger partial charge in [-0.2, -0.15) is 0 Å². The second-order valence-corrected chi connectivity index (χ2v) is 7.98. The fourth-order valence-electron chi connectivity index (χ4n) is 4.48. The Kier molecular flexibility index (Phi) is 4.60. The summed E-state index contributed by atoms with van der Waals surface area (Å²) in [4.78, 5) is 27.1. The lowest BCUT2D eigenvalue weighted by atomic mass is 9.70. The standard InChI is InChI=1S/C23H25NO3/c1-16-2-4-17(5-3-16)14-24-11-10-23(22(24)27)9-8-18-6-7-19(21(26)15-25)12-20(18)13-23/h2-7,12,25H,8-11,13-15H2,1H3/t23-/m1/s1. The van der Waals surface area contributed by atoms with E-state index in [0.717, 1.165) is 36.9 Å². The van der Waals surface area contributed by atoms with Gasteiger partial charge in [0.15, 0.2) is 5.78 Å². The number of aryl methyl sites for hydroxylation is 2. The zero-order valence-electron chi connectivity index (χ0n) is 15.7. The van der Waals surface area contributed by atoms with E-state index in [-0.39, 0.29) is 17.1 Å². The maximum Gasteiger partial charge on any atom is 0.229 e. The van der Waals surface area contributed by atoms with Crippen LogP contribution in [0.5, 0.6) is 0 Å². The van der Waals surface area contributed by atoms with Gasteiger partial charge in [-0.05, 0) is 55.4 Å². The zero-order chi connectivity index (χ0) is 19.0. The van der Waals surface area contributed by atoms with Crippen LogP contribution in [0.3, 0.4) is 0 Å². The highest BCUT2D eigenvalue weighted by Gasteiger charge is 2.47. The molecule has 0 aromatic heterocycles. The number of hydrogen-bond acceptors (Lipinski definition) is 3. The fraction of sp³-hybridized carbons (Fsp3) is 0.391. The molecule has 2 aromatic rings. The number of carbonyl (C=O) groups is 2. The van der Waals surface area contributed by atoms with Crippen LogP contribution >= 0.6 is 0 Å². The molecule has 2 aliphatic rings. The van der Waals surface area contributed by atoms with Crippen molar-refractivity contribution >= 4 is 11.7 Å². The average Bonchev–Trinajstić information content (AvgIpc) is 2.98. The summed E-state index contributed by atoms with van der Waals surface area (Å²) in [6.45, 7) is 3.04. The molecular weight excluding hydrogens is 338 g/mol. The third kappa shape index (κ3) is 3.30. The molecule has 0 unspecified atom stereocenters. The van der Waals surface area contributed by atoms with Crippen molar-refractivity contribution in [3.05, 3.63) is 70.3 Å². The summed E-state index contributed by atoms with van der Waals surface area (Å²) >= 11 is 0. The summed E-state index contributed by atoms with van der Waals surface area (Å²) < 4.78 is 0. The first-order chi connectivity index (χ1) is 13.0. The molecule has 1 aliphatic carbocycles. The van der Waals surface area contributed by atoms with Crippen LogP contribution in [0.15, 0.2) is 42.5 Å². The number of rotatable bonds is 4. The lowest BCUT2D eigenvalue weighted by Crippen LogP contribution is -2.38. The molecule has 4 rings (SSSR count). The monoisotopic (exact) mass is 363 g/mol. The number of benzene rings is 2. The predicted molar refractivity (Wildman–Crippen MR) is 104 cm³/mol. The summed E-state index contributed by atoms with van der Waals surface area (Å²) in [6.07, 6.45) is 3.30. The largest absolute Gasteiger partial charge is 0.388 e. The molecule has 0 radical (unpaired) electrons. The molecule has 4 heteroatoms. The molecule has 27 heavy (non-hydrogen) atoms. The summed E-state index contributed by atoms with van der Waals surface area (Å²) in [6, 6.07) is 14.0. The van der Waals surface area contributed by atoms with Crippen LogP contribution in [0.4, 0.5) is 0 Å². The molecule has 1 amide bonds. The Morgan fingerprint density at radius 1 is 1.11 bits per heavy atom. The number of aliphatic hydroxyl groups excluding tert-OH is 1. The SMILES string of the molecule is Cc1ccc(CN2CC[C@@]3(CCc4ccc(C(=O)CO)cc4C3)C2=O)cc1. The van der Waals surface area contributed by atoms with E-state index in [1.54, 1.807) is 6.07 Å². The quantitative estimate of drug-likeness (QED) is 0.850. The number of aliphatic hydroxyl groups is 1. The number of nitrogens with zero attached hydrogens (tertiary/aromatic N) is 1. The van der Waals surface area contributed by atoms with Crippen molar-refractivity contribution in [1.82, 2.24) is 4.90 Å². The van der Waals surface area contributed by atoms with E-state index >= 15 is 0 Å². The Morgan fingerprint density at radius 2 is 1.89 bits per heavy atom. The van der Waals surface area contributed by atoms with Crippen LogP contribution in [0.2, 0.25) is 0 Å². The minimum absolute atomic E-state index is 0.243. The van der Waals surface area contributed by atoms with E-state index in [0.29, 0.717) is 18.5 Å². The predicted octanol–water partition coefficient (Wildman–Crippen LogP) is 3.08. The van der Waals surface area contributed by atoms with Gasteiger partial charge in [-0.15, -0.1) is 0 Å². The van der Waals surface area contributed by atoms with Gasteiger partial charge in [0.2, 0.25) is 5.91 Å². The van der Waals surface area contributed by atoms with Gasteiger partial charge in [0.25, 0.3) is 0 Å². The molecule has 1 saturated heterocycles. The van der Waals surface area contributed by atoms with E-state index in [9.17, 15) is 9.59 Å². The minimum Gasteiger partial charge on any atom is -0.388 e. The van der Waals surface area contributed by atoms with Gasteiger partial charge in [0.05, 0.1) is 5.41 Å². The second kappa shape index (κ2) is 6.93. The van der Waals surface area contributed by atoms with Crippen molar-refractivity contribution < 1.29 is 14.7 Å². The normalized spacial score (nSPS) is 21.6. The summed E-state index contributed by atoms with van der Waals surface area (Å²) in [5.74, 6) is -0.0243. The topological polar surface area (TPSA) is 57.6 Å². The van der Waals surface area contributed by atoms with Crippen LogP contribution in [-0.2, 0) is 24.2 Å². The molecule has 4 nitrogen and oxygen atoms in total. The second-order valence-electron chi connectivity index (χ2n) is 7.98. The van der Waals surface area contributed by atoms with Gasteiger partial charge < -0.3 is 10.0 Å². The highest BCUT2D eigenvalue weighted by Crippen LogP contribution is 2.44. The number of Topliss-reactive ketones (excluding diaryl/α,β-unsaturated/α-hetero) is 1. The Labute approximate surface area is 159 Å². The number of hydrogen-bond donors (Lipinski definition) is 1. The maximum absolute atomic E-state index is 13.3. The molecule has 0 bridgehead atoms. The Bertz CT molecular complexity index is 887. The molecular formula is C23H25NO3. The fourth-order valence-corrected chi connectivity index (χ4v) is 4.48. The van der Waals surface area contributed by atoms with Gasteiger partial charge in [0.1, 0.15) is 6.61 Å². The first kappa shape index (κ1) is 17.9. The van der Waals surface area contributed by atoms with Crippen molar-refractivity contribution in [2.24, 2.45) is 5.41 Å². The molecule has 1 aliphatic heterocycles. The number of ketones is 1. The lowest BCUT2D eigenvalue weighted by molar-refractivity contribution is -0.137. The Hall–Kier alpha value is -2.46. The van der Waals surface area contributed by atoms with Crippen molar-refractivity contribution in [3.63, 3.8) is 0 Å². The minimum atomic E-state index is -0.479. The van der Waals surface area contributed by atoms with Gasteiger partial charge in [0, 0.05) is 18.7 Å². The molecule has 1 spiro atoms. The number of amides is 1. The summed E-state index contributed by atoms with van der Waals surface area (Å²) in [7, 11) is 0. The van der Waals surface area contributed by atoms with Crippen LogP contribution in [0, 0.1) is 12.3 Å². The third-order valence-corrected chi connectivity index (χ3v) is 6.17. The highest BCUT2D eigenvalue weighted by atomic mass is 16.3. The summed E-state index contributed by atoms with van der Waals surface area (Å²) in [5.41, 5.74) is 4.90. The summed E-state index contributed by atoms with van der Waals surface area (Å²) in [5, 5.41) is 9.12. The van der Waals surface area contributed by atoms with Crippen molar-refractivity contribution in [3.8, 4) is 0 Å². The number of likely N-dealkylation sites (tertiary alicyclic amines) is 1. The van der Waals surface area contributed by atoms with Gasteiger partial charge in [-0.3, -0.25) is 9.59 Å². The molecule has 1 atom stereocenters. The van der Waals surface area contributed by atoms with Crippen LogP contribution < -0.4 is 0 Å². The van der Waals surface area contributed by atoms with E-state index in [4.69, 9.17) is 5.11 Å². The van der Waals surface area contributed by atoms with E-state index in [2.05, 4.69) is 31.2 Å². The highest BCUT2D eigenvalue weighted by molar-refractivity contribution is 5.97. The van der Waals surface area contributed by atoms with E-state index in [1.807, 2.05) is 17.0 Å². The van der Waals surface area contributed by atoms with Crippen LogP contribution in [0.25, 0.3) is 0 Å². The third-order valence-electron chi connectivity index (χ3n) is 6.17. The van der Waals surface area contributed by atoms with Gasteiger partial charge in [-0.25, -0.2) is 0 Å². The van der Waals surface area contributed by atoms with Gasteiger partial charge >= 0.3 is 0 Å². The van der Waals surface area contributed by atoms with E-state index in [1.165, 1.54) is 11.1 Å². The first-order valence-electron chi connectivity index (χ1n) is 9.61. The molecule has 1 N–H and O–H groups in total. The smallest absolute Gasteiger partial charge is 0.229 e. The lowest BCUT2D eigenvalue weighted by Gasteiger charge is -2.33.